The molecule has 0 bridgehead atoms. The Morgan fingerprint density at radius 1 is 1.40 bits per heavy atom. The van der Waals surface area contributed by atoms with Crippen molar-refractivity contribution < 1.29 is 32.3 Å². The van der Waals surface area contributed by atoms with Crippen molar-refractivity contribution in [1.82, 2.24) is 4.90 Å². The van der Waals surface area contributed by atoms with Gasteiger partial charge in [0.05, 0.1) is 5.92 Å². The normalized spacial score (nSPS) is 22.7. The van der Waals surface area contributed by atoms with Gasteiger partial charge in [-0.05, 0) is 24.7 Å². The summed E-state index contributed by atoms with van der Waals surface area (Å²) in [7, 11) is 0. The number of nitrogens with zero attached hydrogens (tertiary/aromatic N) is 1. The summed E-state index contributed by atoms with van der Waals surface area (Å²) >= 11 is 0. The first kappa shape index (κ1) is 17.8. The number of aryl methyl sites for hydroxylation is 1. The van der Waals surface area contributed by atoms with Crippen LogP contribution in [0, 0.1) is 11.3 Å². The highest BCUT2D eigenvalue weighted by atomic mass is 19.4. The highest BCUT2D eigenvalue weighted by Gasteiger charge is 2.58. The molecule has 0 aromatic carbocycles. The molecule has 0 radical (unpaired) electrons. The monoisotopic (exact) mass is 359 g/mol. The third kappa shape index (κ3) is 3.02. The Hall–Kier alpha value is -1.99. The van der Waals surface area contributed by atoms with Crippen LogP contribution in [0.1, 0.15) is 59.3 Å². The van der Waals surface area contributed by atoms with Crippen LogP contribution in [-0.4, -0.2) is 41.1 Å². The number of carboxylic acids is 1. The third-order valence-electron chi connectivity index (χ3n) is 5.54. The highest BCUT2D eigenvalue weighted by molar-refractivity contribution is 5.96. The number of amides is 1. The molecule has 1 spiro atoms. The van der Waals surface area contributed by atoms with E-state index in [4.69, 9.17) is 9.52 Å². The zero-order valence-corrected chi connectivity index (χ0v) is 13.9. The standard InChI is InChI=1S/C17H20F3NO4/c1-2-11-10(15(23)24)8-12(25-11)14(22)21-7-4-13(17(18,19)20)16(9-21)5-3-6-16/h8,13H,2-7,9H2,1H3,(H,23,24). The third-order valence-corrected chi connectivity index (χ3v) is 5.54. The number of aromatic carboxylic acids is 1. The molecular formula is C17H20F3NO4. The molecule has 1 aromatic rings. The zero-order valence-electron chi connectivity index (χ0n) is 13.9. The Labute approximate surface area is 142 Å². The van der Waals surface area contributed by atoms with Crippen LogP contribution in [0.15, 0.2) is 10.5 Å². The van der Waals surface area contributed by atoms with Crippen LogP contribution < -0.4 is 0 Å². The average molecular weight is 359 g/mol. The molecule has 1 aliphatic heterocycles. The molecule has 5 nitrogen and oxygen atoms in total. The predicted octanol–water partition coefficient (Wildman–Crippen LogP) is 3.73. The molecule has 2 aliphatic rings. The number of likely N-dealkylation sites (tertiary alicyclic amines) is 1. The van der Waals surface area contributed by atoms with Gasteiger partial charge >= 0.3 is 12.1 Å². The van der Waals surface area contributed by atoms with Gasteiger partial charge in [0.25, 0.3) is 5.91 Å². The van der Waals surface area contributed by atoms with Crippen LogP contribution in [0.2, 0.25) is 0 Å². The molecule has 8 heteroatoms. The maximum Gasteiger partial charge on any atom is 0.392 e. The Balaban J connectivity index is 1.82. The van der Waals surface area contributed by atoms with Gasteiger partial charge in [0.15, 0.2) is 5.76 Å². The summed E-state index contributed by atoms with van der Waals surface area (Å²) in [6, 6.07) is 1.17. The summed E-state index contributed by atoms with van der Waals surface area (Å²) in [6.07, 6.45) is -2.42. The molecule has 1 saturated carbocycles. The van der Waals surface area contributed by atoms with Crippen molar-refractivity contribution in [2.45, 2.75) is 45.2 Å². The van der Waals surface area contributed by atoms with E-state index in [1.54, 1.807) is 6.92 Å². The Morgan fingerprint density at radius 2 is 2.08 bits per heavy atom. The molecule has 1 aliphatic carbocycles. The van der Waals surface area contributed by atoms with Gasteiger partial charge in [0.2, 0.25) is 0 Å². The summed E-state index contributed by atoms with van der Waals surface area (Å²) < 4.78 is 45.3. The molecule has 1 N–H and O–H groups in total. The fourth-order valence-corrected chi connectivity index (χ4v) is 4.12. The number of halogens is 3. The summed E-state index contributed by atoms with van der Waals surface area (Å²) in [5.74, 6) is -3.02. The second-order valence-corrected chi connectivity index (χ2v) is 6.93. The lowest BCUT2D eigenvalue weighted by molar-refractivity contribution is -0.235. The summed E-state index contributed by atoms with van der Waals surface area (Å²) in [4.78, 5) is 25.2. The average Bonchev–Trinajstić information content (AvgIpc) is 2.95. The smallest absolute Gasteiger partial charge is 0.392 e. The van der Waals surface area contributed by atoms with E-state index in [9.17, 15) is 22.8 Å². The van der Waals surface area contributed by atoms with Crippen LogP contribution in [0.25, 0.3) is 0 Å². The van der Waals surface area contributed by atoms with E-state index in [0.29, 0.717) is 19.3 Å². The first-order chi connectivity index (χ1) is 11.7. The summed E-state index contributed by atoms with van der Waals surface area (Å²) in [5, 5.41) is 9.15. The Morgan fingerprint density at radius 3 is 2.52 bits per heavy atom. The number of furan rings is 1. The van der Waals surface area contributed by atoms with Crippen LogP contribution in [0.5, 0.6) is 0 Å². The van der Waals surface area contributed by atoms with E-state index >= 15 is 0 Å². The number of hydrogen-bond acceptors (Lipinski definition) is 3. The molecule has 1 amide bonds. The van der Waals surface area contributed by atoms with Crippen molar-refractivity contribution in [1.29, 1.82) is 0 Å². The van der Waals surface area contributed by atoms with Crippen LogP contribution >= 0.6 is 0 Å². The number of alkyl halides is 3. The molecule has 1 aromatic heterocycles. The number of carbonyl (C=O) groups is 2. The summed E-state index contributed by atoms with van der Waals surface area (Å²) in [5.41, 5.74) is -0.975. The molecule has 25 heavy (non-hydrogen) atoms. The van der Waals surface area contributed by atoms with E-state index in [1.165, 1.54) is 11.0 Å². The molecular weight excluding hydrogens is 339 g/mol. The number of carboxylic acid groups (broad SMARTS) is 1. The van der Waals surface area contributed by atoms with Gasteiger partial charge in [-0.25, -0.2) is 4.79 Å². The topological polar surface area (TPSA) is 70.8 Å². The molecule has 1 unspecified atom stereocenters. The van der Waals surface area contributed by atoms with Gasteiger partial charge in [0.1, 0.15) is 11.3 Å². The molecule has 3 rings (SSSR count). The molecule has 1 atom stereocenters. The largest absolute Gasteiger partial charge is 0.478 e. The van der Waals surface area contributed by atoms with Crippen LogP contribution in [0.4, 0.5) is 13.2 Å². The maximum atomic E-state index is 13.3. The van der Waals surface area contributed by atoms with Gasteiger partial charge in [-0.1, -0.05) is 13.3 Å². The van der Waals surface area contributed by atoms with Gasteiger partial charge in [0, 0.05) is 25.6 Å². The van der Waals surface area contributed by atoms with Crippen molar-refractivity contribution in [3.63, 3.8) is 0 Å². The van der Waals surface area contributed by atoms with Gasteiger partial charge in [-0.15, -0.1) is 0 Å². The lowest BCUT2D eigenvalue weighted by Gasteiger charge is -2.53. The van der Waals surface area contributed by atoms with Gasteiger partial charge < -0.3 is 14.4 Å². The highest BCUT2D eigenvalue weighted by Crippen LogP contribution is 2.56. The quantitative estimate of drug-likeness (QED) is 0.893. The van der Waals surface area contributed by atoms with E-state index in [2.05, 4.69) is 0 Å². The molecule has 2 heterocycles. The van der Waals surface area contributed by atoms with Crippen molar-refractivity contribution in [2.24, 2.45) is 11.3 Å². The van der Waals surface area contributed by atoms with Crippen molar-refractivity contribution in [2.75, 3.05) is 13.1 Å². The second-order valence-electron chi connectivity index (χ2n) is 6.93. The molecule has 138 valence electrons. The fraction of sp³-hybridized carbons (Fsp3) is 0.647. The predicted molar refractivity (Wildman–Crippen MR) is 81.4 cm³/mol. The number of piperidine rings is 1. The van der Waals surface area contributed by atoms with Gasteiger partial charge in [-0.3, -0.25) is 4.79 Å². The van der Waals surface area contributed by atoms with E-state index in [1.807, 2.05) is 0 Å². The number of carbonyl (C=O) groups excluding carboxylic acids is 1. The van der Waals surface area contributed by atoms with Crippen LogP contribution in [0.3, 0.4) is 0 Å². The van der Waals surface area contributed by atoms with Crippen molar-refractivity contribution in [3.8, 4) is 0 Å². The first-order valence-corrected chi connectivity index (χ1v) is 8.40. The van der Waals surface area contributed by atoms with E-state index in [-0.39, 0.29) is 36.6 Å². The number of hydrogen-bond donors (Lipinski definition) is 1. The zero-order chi connectivity index (χ0) is 18.4. The minimum atomic E-state index is -4.26. The Kier molecular flexibility index (Phi) is 4.33. The fourth-order valence-electron chi connectivity index (χ4n) is 4.12. The maximum absolute atomic E-state index is 13.3. The number of rotatable bonds is 3. The van der Waals surface area contributed by atoms with Crippen molar-refractivity contribution in [3.05, 3.63) is 23.2 Å². The molecule has 1 saturated heterocycles. The lowest BCUT2D eigenvalue weighted by Crippen LogP contribution is -2.57. The Bertz CT molecular complexity index is 691. The second kappa shape index (κ2) is 6.07. The summed E-state index contributed by atoms with van der Waals surface area (Å²) in [6.45, 7) is 1.74. The van der Waals surface area contributed by atoms with E-state index < -0.39 is 29.4 Å². The van der Waals surface area contributed by atoms with Gasteiger partial charge in [-0.2, -0.15) is 13.2 Å². The minimum Gasteiger partial charge on any atom is -0.478 e. The van der Waals surface area contributed by atoms with E-state index in [0.717, 1.165) is 6.42 Å². The van der Waals surface area contributed by atoms with Crippen LogP contribution in [-0.2, 0) is 6.42 Å². The van der Waals surface area contributed by atoms with Crippen molar-refractivity contribution >= 4 is 11.9 Å². The lowest BCUT2D eigenvalue weighted by atomic mass is 9.58. The molecule has 2 fully saturated rings. The minimum absolute atomic E-state index is 0.00464. The SMILES string of the molecule is CCc1oc(C(=O)N2CCC(C(F)(F)F)C3(CCC3)C2)cc1C(=O)O. The first-order valence-electron chi connectivity index (χ1n) is 8.40.